The Bertz CT molecular complexity index is 896. The van der Waals surface area contributed by atoms with Gasteiger partial charge in [0.15, 0.2) is 0 Å². The van der Waals surface area contributed by atoms with Crippen molar-refractivity contribution >= 4 is 29.1 Å². The second kappa shape index (κ2) is 9.82. The van der Waals surface area contributed by atoms with E-state index >= 15 is 4.39 Å². The smallest absolute Gasteiger partial charge is 0.240 e. The monoisotopic (exact) mass is 483 g/mol. The molecule has 0 aromatic heterocycles. The van der Waals surface area contributed by atoms with Gasteiger partial charge >= 0.3 is 0 Å². The Morgan fingerprint density at radius 3 is 2.62 bits per heavy atom. The Balaban J connectivity index is 2.07. The minimum atomic E-state index is -1.15. The Morgan fingerprint density at radius 2 is 2.06 bits per heavy atom. The zero-order chi connectivity index (χ0) is 23.7. The fourth-order valence-corrected chi connectivity index (χ4v) is 5.07. The maximum absolute atomic E-state index is 15.2. The van der Waals surface area contributed by atoms with Gasteiger partial charge in [-0.25, -0.2) is 4.39 Å². The lowest BCUT2D eigenvalue weighted by Gasteiger charge is -2.41. The number of β-amino-alcohol motifs (C(OH)–C–C–N with tert-alkyl or cyclic N) is 1. The average molecular weight is 484 g/mol. The molecule has 4 atom stereocenters. The molecule has 0 spiro atoms. The summed E-state index contributed by atoms with van der Waals surface area (Å²) in [6.45, 7) is 6.87. The predicted octanol–water partition coefficient (Wildman–Crippen LogP) is 3.93. The molecule has 0 bridgehead atoms. The van der Waals surface area contributed by atoms with Crippen molar-refractivity contribution in [3.8, 4) is 0 Å². The number of aliphatic hydroxyl groups is 1. The number of hydrogen-bond acceptors (Lipinski definition) is 4. The molecule has 2 aliphatic heterocycles. The lowest BCUT2D eigenvalue weighted by molar-refractivity contribution is -0.144. The first-order chi connectivity index (χ1) is 15.0. The van der Waals surface area contributed by atoms with E-state index in [-0.39, 0.29) is 17.4 Å². The van der Waals surface area contributed by atoms with E-state index < -0.39 is 29.4 Å². The van der Waals surface area contributed by atoms with E-state index in [9.17, 15) is 9.90 Å². The molecule has 4 N–H and O–H groups in total. The summed E-state index contributed by atoms with van der Waals surface area (Å²) < 4.78 is 15.2. The van der Waals surface area contributed by atoms with Crippen molar-refractivity contribution in [1.29, 1.82) is 0 Å². The zero-order valence-electron chi connectivity index (χ0n) is 18.7. The van der Waals surface area contributed by atoms with E-state index in [0.29, 0.717) is 36.5 Å². The van der Waals surface area contributed by atoms with Gasteiger partial charge < -0.3 is 21.1 Å². The van der Waals surface area contributed by atoms with Crippen molar-refractivity contribution in [2.75, 3.05) is 13.1 Å². The zero-order valence-corrected chi connectivity index (χ0v) is 20.2. The molecular weight excluding hydrogens is 452 g/mol. The summed E-state index contributed by atoms with van der Waals surface area (Å²) in [4.78, 5) is 15.0. The number of nitrogens with one attached hydrogen (secondary N) is 1. The van der Waals surface area contributed by atoms with Gasteiger partial charge in [-0.1, -0.05) is 68.3 Å². The molecule has 0 unspecified atom stereocenters. The van der Waals surface area contributed by atoms with Crippen LogP contribution in [0.2, 0.25) is 5.02 Å². The maximum atomic E-state index is 15.2. The molecule has 1 aromatic rings. The molecule has 2 heterocycles. The van der Waals surface area contributed by atoms with Crippen LogP contribution in [0.25, 0.3) is 0 Å². The molecular formula is C24H32Cl2FN3O2. The second-order valence-corrected chi connectivity index (χ2v) is 10.7. The van der Waals surface area contributed by atoms with Crippen molar-refractivity contribution in [2.45, 2.75) is 57.3 Å². The summed E-state index contributed by atoms with van der Waals surface area (Å²) in [5.74, 6) is -1.03. The number of nitrogens with two attached hydrogens (primary N) is 1. The third-order valence-corrected chi connectivity index (χ3v) is 6.72. The highest BCUT2D eigenvalue weighted by Gasteiger charge is 2.57. The quantitative estimate of drug-likeness (QED) is 0.535. The van der Waals surface area contributed by atoms with Crippen LogP contribution in [0, 0.1) is 17.2 Å². The molecule has 2 aliphatic rings. The molecule has 2 saturated heterocycles. The molecule has 0 aliphatic carbocycles. The maximum Gasteiger partial charge on any atom is 0.240 e. The molecule has 1 amide bonds. The van der Waals surface area contributed by atoms with Crippen LogP contribution in [0.1, 0.15) is 39.2 Å². The van der Waals surface area contributed by atoms with Crippen LogP contribution in [0.3, 0.4) is 0 Å². The number of carbonyl (C=O) groups excluding carboxylic acids is 1. The standard InChI is InChI=1S/C24H32Cl2FN3O2/c1-23(2,3)12-20-24(28,17-9-8-15(26)11-19(17)27)18(7-5-4-6-10-25)21(29-20)22(32)30-13-16(31)14-30/h4-6,8-11,16,18,20-21,29,31H,7,12-14,28H2,1-3H3/b5-4-,10-6+/t18-,20-,21+,24-/m0/s1. The van der Waals surface area contributed by atoms with Gasteiger partial charge in [-0.3, -0.25) is 4.79 Å². The molecule has 5 nitrogen and oxygen atoms in total. The summed E-state index contributed by atoms with van der Waals surface area (Å²) in [5.41, 5.74) is 7.58. The fraction of sp³-hybridized carbons (Fsp3) is 0.542. The van der Waals surface area contributed by atoms with Gasteiger partial charge in [-0.05, 0) is 30.4 Å². The average Bonchev–Trinajstić information content (AvgIpc) is 2.93. The number of amides is 1. The number of aliphatic hydroxyl groups excluding tert-OH is 1. The summed E-state index contributed by atoms with van der Waals surface area (Å²) >= 11 is 11.6. The first-order valence-electron chi connectivity index (χ1n) is 10.9. The lowest BCUT2D eigenvalue weighted by atomic mass is 9.69. The Labute approximate surface area is 199 Å². The van der Waals surface area contributed by atoms with E-state index in [1.807, 2.05) is 6.08 Å². The van der Waals surface area contributed by atoms with Gasteiger partial charge in [0.2, 0.25) is 5.91 Å². The van der Waals surface area contributed by atoms with Gasteiger partial charge in [0.25, 0.3) is 0 Å². The predicted molar refractivity (Wildman–Crippen MR) is 127 cm³/mol. The highest BCUT2D eigenvalue weighted by atomic mass is 35.5. The van der Waals surface area contributed by atoms with Crippen LogP contribution in [0.5, 0.6) is 0 Å². The van der Waals surface area contributed by atoms with Gasteiger partial charge in [0, 0.05) is 41.2 Å². The Hall–Kier alpha value is -1.44. The largest absolute Gasteiger partial charge is 0.389 e. The van der Waals surface area contributed by atoms with Crippen LogP contribution >= 0.6 is 23.2 Å². The highest BCUT2D eigenvalue weighted by molar-refractivity contribution is 6.30. The van der Waals surface area contributed by atoms with Crippen LogP contribution in [0.4, 0.5) is 4.39 Å². The van der Waals surface area contributed by atoms with Gasteiger partial charge in [-0.15, -0.1) is 0 Å². The minimum Gasteiger partial charge on any atom is -0.389 e. The number of halogens is 3. The third-order valence-electron chi connectivity index (χ3n) is 6.34. The van der Waals surface area contributed by atoms with Crippen LogP contribution < -0.4 is 11.1 Å². The number of hydrogen-bond donors (Lipinski definition) is 3. The van der Waals surface area contributed by atoms with Crippen LogP contribution in [-0.4, -0.2) is 47.2 Å². The lowest BCUT2D eigenvalue weighted by Crippen LogP contribution is -2.59. The van der Waals surface area contributed by atoms with Crippen molar-refractivity contribution in [3.05, 3.63) is 58.4 Å². The number of benzene rings is 1. The van der Waals surface area contributed by atoms with E-state index in [4.69, 9.17) is 28.9 Å². The summed E-state index contributed by atoms with van der Waals surface area (Å²) in [5, 5.41) is 13.4. The molecule has 32 heavy (non-hydrogen) atoms. The number of allylic oxidation sites excluding steroid dienone is 3. The molecule has 0 radical (unpaired) electrons. The van der Waals surface area contributed by atoms with Crippen molar-refractivity contribution in [2.24, 2.45) is 17.1 Å². The Morgan fingerprint density at radius 1 is 1.38 bits per heavy atom. The molecule has 3 rings (SSSR count). The highest BCUT2D eigenvalue weighted by Crippen LogP contribution is 2.46. The van der Waals surface area contributed by atoms with Gasteiger partial charge in [-0.2, -0.15) is 0 Å². The molecule has 176 valence electrons. The number of carbonyl (C=O) groups is 1. The molecule has 0 saturated carbocycles. The summed E-state index contributed by atoms with van der Waals surface area (Å²) in [7, 11) is 0. The van der Waals surface area contributed by atoms with E-state index in [1.165, 1.54) is 11.6 Å². The van der Waals surface area contributed by atoms with E-state index in [2.05, 4.69) is 26.1 Å². The van der Waals surface area contributed by atoms with Crippen molar-refractivity contribution < 1.29 is 14.3 Å². The van der Waals surface area contributed by atoms with Gasteiger partial charge in [0.05, 0.1) is 17.7 Å². The molecule has 1 aromatic carbocycles. The first-order valence-corrected chi connectivity index (χ1v) is 11.7. The van der Waals surface area contributed by atoms with Crippen LogP contribution in [-0.2, 0) is 10.3 Å². The van der Waals surface area contributed by atoms with E-state index in [1.54, 1.807) is 29.2 Å². The van der Waals surface area contributed by atoms with Crippen LogP contribution in [0.15, 0.2) is 42.0 Å². The fourth-order valence-electron chi connectivity index (χ4n) is 4.83. The summed E-state index contributed by atoms with van der Waals surface area (Å²) in [6.07, 6.45) is 5.94. The number of nitrogens with zero attached hydrogens (tertiary/aromatic N) is 1. The first kappa shape index (κ1) is 25.2. The molecule has 8 heteroatoms. The van der Waals surface area contributed by atoms with Gasteiger partial charge in [0.1, 0.15) is 5.82 Å². The molecule has 2 fully saturated rings. The normalized spacial score (nSPS) is 29.2. The number of likely N-dealkylation sites (tertiary alicyclic amines) is 1. The SMILES string of the molecule is CC(C)(C)C[C@@H]1N[C@@H](C(=O)N2CC(O)C2)[C@H](C/C=C\C=C\Cl)[C@@]1(N)c1ccc(Cl)cc1F. The number of rotatable bonds is 6. The van der Waals surface area contributed by atoms with Crippen molar-refractivity contribution in [3.63, 3.8) is 0 Å². The topological polar surface area (TPSA) is 78.6 Å². The second-order valence-electron chi connectivity index (χ2n) is 10.0. The summed E-state index contributed by atoms with van der Waals surface area (Å²) in [6, 6.07) is 3.57. The van der Waals surface area contributed by atoms with E-state index in [0.717, 1.165) is 0 Å². The minimum absolute atomic E-state index is 0.113. The van der Waals surface area contributed by atoms with Crippen molar-refractivity contribution in [1.82, 2.24) is 10.2 Å². The Kier molecular flexibility index (Phi) is 7.73. The third kappa shape index (κ3) is 5.20.